The molecule has 68 valence electrons. The fourth-order valence-corrected chi connectivity index (χ4v) is 1.47. The zero-order valence-corrected chi connectivity index (χ0v) is 6.82. The molecule has 6 nitrogen and oxygen atoms in total. The summed E-state index contributed by atoms with van der Waals surface area (Å²) in [6.45, 7) is 0.381. The molecular weight excluding hydrogens is 186 g/mol. The van der Waals surface area contributed by atoms with Crippen molar-refractivity contribution in [2.75, 3.05) is 13.1 Å². The molecule has 0 radical (unpaired) electrons. The van der Waals surface area contributed by atoms with Crippen LogP contribution in [0.4, 0.5) is 0 Å². The standard InChI is InChI=1S/C5H7NO5S/c7-3-11-5(8)4-1-6(2-4)12(9)10/h3-4H,1-2H2,(H,9,10). The Balaban J connectivity index is 2.29. The van der Waals surface area contributed by atoms with E-state index in [0.717, 1.165) is 0 Å². The van der Waals surface area contributed by atoms with Crippen LogP contribution in [0.25, 0.3) is 0 Å². The first-order chi connectivity index (χ1) is 5.65. The van der Waals surface area contributed by atoms with E-state index >= 15 is 0 Å². The summed E-state index contributed by atoms with van der Waals surface area (Å²) in [7, 11) is 0. The summed E-state index contributed by atoms with van der Waals surface area (Å²) >= 11 is -2.03. The van der Waals surface area contributed by atoms with Crippen molar-refractivity contribution >= 4 is 23.7 Å². The molecule has 0 spiro atoms. The van der Waals surface area contributed by atoms with Crippen molar-refractivity contribution in [3.63, 3.8) is 0 Å². The molecule has 1 rings (SSSR count). The van der Waals surface area contributed by atoms with Crippen molar-refractivity contribution in [2.24, 2.45) is 5.92 Å². The summed E-state index contributed by atoms with van der Waals surface area (Å²) < 4.78 is 24.0. The average molecular weight is 193 g/mol. The Morgan fingerprint density at radius 2 is 2.25 bits per heavy atom. The number of nitrogens with zero attached hydrogens (tertiary/aromatic N) is 1. The number of hydrogen-bond acceptors (Lipinski definition) is 4. The first kappa shape index (κ1) is 9.30. The van der Waals surface area contributed by atoms with Crippen LogP contribution in [0, 0.1) is 5.92 Å². The van der Waals surface area contributed by atoms with Crippen LogP contribution < -0.4 is 0 Å². The van der Waals surface area contributed by atoms with Gasteiger partial charge >= 0.3 is 12.4 Å². The lowest BCUT2D eigenvalue weighted by Gasteiger charge is -2.32. The van der Waals surface area contributed by atoms with Gasteiger partial charge in [-0.1, -0.05) is 0 Å². The highest BCUT2D eigenvalue weighted by atomic mass is 32.2. The van der Waals surface area contributed by atoms with Crippen molar-refractivity contribution in [3.05, 3.63) is 0 Å². The van der Waals surface area contributed by atoms with Crippen molar-refractivity contribution in [3.8, 4) is 0 Å². The third-order valence-corrected chi connectivity index (χ3v) is 2.31. The highest BCUT2D eigenvalue weighted by molar-refractivity contribution is 7.76. The second-order valence-corrected chi connectivity index (χ2v) is 3.29. The third kappa shape index (κ3) is 1.87. The summed E-state index contributed by atoms with van der Waals surface area (Å²) in [4.78, 5) is 20.4. The quantitative estimate of drug-likeness (QED) is 0.262. The van der Waals surface area contributed by atoms with Crippen LogP contribution in [0.2, 0.25) is 0 Å². The predicted octanol–water partition coefficient (Wildman–Crippen LogP) is -1.25. The van der Waals surface area contributed by atoms with Gasteiger partial charge in [0.15, 0.2) is 0 Å². The number of carbonyl (C=O) groups is 2. The van der Waals surface area contributed by atoms with Crippen LogP contribution >= 0.6 is 0 Å². The molecule has 1 atom stereocenters. The van der Waals surface area contributed by atoms with E-state index in [1.54, 1.807) is 0 Å². The summed E-state index contributed by atoms with van der Waals surface area (Å²) in [6, 6.07) is 0. The highest BCUT2D eigenvalue weighted by Gasteiger charge is 2.36. The third-order valence-electron chi connectivity index (χ3n) is 1.57. The molecule has 1 unspecified atom stereocenters. The number of esters is 1. The maximum absolute atomic E-state index is 10.7. The minimum Gasteiger partial charge on any atom is -0.395 e. The Hall–Kier alpha value is -0.790. The van der Waals surface area contributed by atoms with Crippen LogP contribution in [0.1, 0.15) is 0 Å². The van der Waals surface area contributed by atoms with E-state index in [9.17, 15) is 13.8 Å². The molecule has 0 aromatic heterocycles. The molecule has 0 bridgehead atoms. The predicted molar refractivity (Wildman–Crippen MR) is 38.0 cm³/mol. The molecule has 1 heterocycles. The van der Waals surface area contributed by atoms with Gasteiger partial charge in [0, 0.05) is 13.1 Å². The van der Waals surface area contributed by atoms with Gasteiger partial charge in [-0.05, 0) is 0 Å². The number of carbonyl (C=O) groups excluding carboxylic acids is 2. The zero-order chi connectivity index (χ0) is 9.14. The van der Waals surface area contributed by atoms with Crippen molar-refractivity contribution in [1.82, 2.24) is 4.31 Å². The van der Waals surface area contributed by atoms with Gasteiger partial charge in [0.05, 0.1) is 5.92 Å². The van der Waals surface area contributed by atoms with Gasteiger partial charge in [-0.25, -0.2) is 4.21 Å². The molecule has 1 fully saturated rings. The van der Waals surface area contributed by atoms with Gasteiger partial charge in [0.2, 0.25) is 11.3 Å². The van der Waals surface area contributed by atoms with E-state index in [1.807, 2.05) is 0 Å². The summed E-state index contributed by atoms with van der Waals surface area (Å²) in [5.74, 6) is -1.10. The topological polar surface area (TPSA) is 83.9 Å². The number of ether oxygens (including phenoxy) is 1. The monoisotopic (exact) mass is 193 g/mol. The first-order valence-electron chi connectivity index (χ1n) is 3.15. The van der Waals surface area contributed by atoms with E-state index < -0.39 is 23.2 Å². The van der Waals surface area contributed by atoms with E-state index in [1.165, 1.54) is 4.31 Å². The molecule has 7 heteroatoms. The second-order valence-electron chi connectivity index (χ2n) is 2.31. The summed E-state index contributed by atoms with van der Waals surface area (Å²) in [5, 5.41) is 0. The van der Waals surface area contributed by atoms with Crippen LogP contribution in [0.3, 0.4) is 0 Å². The van der Waals surface area contributed by atoms with Gasteiger partial charge in [0.25, 0.3) is 0 Å². The van der Waals surface area contributed by atoms with Crippen LogP contribution in [0.15, 0.2) is 0 Å². The largest absolute Gasteiger partial charge is 0.395 e. The van der Waals surface area contributed by atoms with Crippen molar-refractivity contribution < 1.29 is 23.1 Å². The van der Waals surface area contributed by atoms with Gasteiger partial charge in [-0.15, -0.1) is 0 Å². The molecule has 0 aliphatic carbocycles. The molecule has 0 saturated carbocycles. The Labute approximate surface area is 70.9 Å². The van der Waals surface area contributed by atoms with E-state index in [2.05, 4.69) is 4.74 Å². The highest BCUT2D eigenvalue weighted by Crippen LogP contribution is 2.17. The SMILES string of the molecule is O=COC(=O)C1CN(S(=O)O)C1. The summed E-state index contributed by atoms with van der Waals surface area (Å²) in [5.41, 5.74) is 0. The molecule has 1 N–H and O–H groups in total. The molecule has 0 amide bonds. The lowest BCUT2D eigenvalue weighted by molar-refractivity contribution is -0.157. The lowest BCUT2D eigenvalue weighted by Crippen LogP contribution is -2.51. The fourth-order valence-electron chi connectivity index (χ4n) is 0.858. The van der Waals surface area contributed by atoms with Gasteiger partial charge in [-0.3, -0.25) is 14.1 Å². The molecule has 0 aromatic rings. The van der Waals surface area contributed by atoms with Crippen LogP contribution in [0.5, 0.6) is 0 Å². The summed E-state index contributed by atoms with van der Waals surface area (Å²) in [6.07, 6.45) is 0. The number of rotatable bonds is 3. The van der Waals surface area contributed by atoms with Gasteiger partial charge in [0.1, 0.15) is 0 Å². The molecule has 1 aliphatic rings. The minimum atomic E-state index is -2.03. The zero-order valence-electron chi connectivity index (χ0n) is 6.00. The van der Waals surface area contributed by atoms with Crippen LogP contribution in [-0.4, -0.2) is 38.6 Å². The second kappa shape index (κ2) is 3.74. The maximum Gasteiger partial charge on any atom is 0.319 e. The van der Waals surface area contributed by atoms with E-state index in [0.29, 0.717) is 0 Å². The molecule has 0 aromatic carbocycles. The smallest absolute Gasteiger partial charge is 0.319 e. The van der Waals surface area contributed by atoms with E-state index in [-0.39, 0.29) is 19.6 Å². The van der Waals surface area contributed by atoms with Crippen LogP contribution in [-0.2, 0) is 25.6 Å². The average Bonchev–Trinajstić information content (AvgIpc) is 1.82. The first-order valence-corrected chi connectivity index (χ1v) is 4.21. The van der Waals surface area contributed by atoms with Gasteiger partial charge < -0.3 is 4.74 Å². The number of hydrogen-bond donors (Lipinski definition) is 1. The Morgan fingerprint density at radius 3 is 2.67 bits per heavy atom. The fraction of sp³-hybridized carbons (Fsp3) is 0.600. The van der Waals surface area contributed by atoms with E-state index in [4.69, 9.17) is 4.55 Å². The normalized spacial score (nSPS) is 21.1. The molecule has 1 saturated heterocycles. The molecular formula is C5H7NO5S. The Morgan fingerprint density at radius 1 is 1.67 bits per heavy atom. The van der Waals surface area contributed by atoms with Crippen molar-refractivity contribution in [2.45, 2.75) is 0 Å². The van der Waals surface area contributed by atoms with Crippen molar-refractivity contribution in [1.29, 1.82) is 0 Å². The minimum absolute atomic E-state index is 0.0565. The van der Waals surface area contributed by atoms with Gasteiger partial charge in [-0.2, -0.15) is 4.31 Å². The maximum atomic E-state index is 10.7. The Bertz CT molecular complexity index is 224. The molecule has 12 heavy (non-hydrogen) atoms. The Kier molecular flexibility index (Phi) is 2.90. The molecule has 1 aliphatic heterocycles. The lowest BCUT2D eigenvalue weighted by atomic mass is 10.0.